The van der Waals surface area contributed by atoms with Crippen LogP contribution in [-0.4, -0.2) is 0 Å². The van der Waals surface area contributed by atoms with Crippen LogP contribution in [0.25, 0.3) is 0 Å². The van der Waals surface area contributed by atoms with Gasteiger partial charge in [-0.2, -0.15) is 0 Å². The maximum atomic E-state index is 9.58. The van der Waals surface area contributed by atoms with Gasteiger partial charge in [0, 0.05) is 17.1 Å². The smallest absolute Gasteiger partial charge is 0.154 e. The fourth-order valence-electron chi connectivity index (χ4n) is 0. The Morgan fingerprint density at radius 3 is 1.00 bits per heavy atom. The van der Waals surface area contributed by atoms with Crippen molar-refractivity contribution >= 4 is 0 Å². The summed E-state index contributed by atoms with van der Waals surface area (Å²) in [5, 5.41) is 0. The Kier molecular flexibility index (Phi) is 7.76. The van der Waals surface area contributed by atoms with E-state index in [1.807, 2.05) is 0 Å². The molecule has 34 valence electrons. The van der Waals surface area contributed by atoms with E-state index >= 15 is 0 Å². The molecule has 0 aliphatic heterocycles. The number of rotatable bonds is 0. The third-order valence-electron chi connectivity index (χ3n) is 0. The zero-order valence-corrected chi connectivity index (χ0v) is 3.09. The molecular weight excluding hydrogens is 125 g/mol. The second-order valence-electron chi connectivity index (χ2n) is 0.214. The van der Waals surface area contributed by atoms with E-state index < -0.39 is 6.68 Å². The van der Waals surface area contributed by atoms with Gasteiger partial charge in [0.2, 0.25) is 0 Å². The SMILES string of the molecule is F[C-](F)F.[Fe]. The first-order chi connectivity index (χ1) is 1.73. The van der Waals surface area contributed by atoms with E-state index in [9.17, 15) is 13.2 Å². The summed E-state index contributed by atoms with van der Waals surface area (Å²) in [5.74, 6) is 0. The van der Waals surface area contributed by atoms with Crippen molar-refractivity contribution in [2.45, 2.75) is 0 Å². The molecule has 0 spiro atoms. The monoisotopic (exact) mass is 125 g/mol. The van der Waals surface area contributed by atoms with Crippen LogP contribution in [0.2, 0.25) is 0 Å². The van der Waals surface area contributed by atoms with Crippen LogP contribution in [0.4, 0.5) is 13.2 Å². The molecule has 0 atom stereocenters. The van der Waals surface area contributed by atoms with Crippen molar-refractivity contribution in [1.29, 1.82) is 0 Å². The largest absolute Gasteiger partial charge is 0.385 e. The first-order valence-electron chi connectivity index (χ1n) is 0.567. The van der Waals surface area contributed by atoms with E-state index in [4.69, 9.17) is 0 Å². The molecule has 0 aliphatic rings. The quantitative estimate of drug-likeness (QED) is 0.338. The molecule has 0 fully saturated rings. The Morgan fingerprint density at radius 1 is 1.00 bits per heavy atom. The van der Waals surface area contributed by atoms with E-state index in [1.165, 1.54) is 0 Å². The molecule has 0 rings (SSSR count). The number of hydrogen-bond acceptors (Lipinski definition) is 0. The molecule has 0 nitrogen and oxygen atoms in total. The Balaban J connectivity index is 0. The summed E-state index contributed by atoms with van der Waals surface area (Å²) in [6.07, 6.45) is 0. The summed E-state index contributed by atoms with van der Waals surface area (Å²) in [7, 11) is 0. The maximum Gasteiger partial charge on any atom is 0.154 e. The Hall–Kier alpha value is 0.309. The first-order valence-corrected chi connectivity index (χ1v) is 0.567. The minimum absolute atomic E-state index is 0. The van der Waals surface area contributed by atoms with Gasteiger partial charge >= 0.3 is 0 Å². The Bertz CT molecular complexity index is 11.6. The fourth-order valence-corrected chi connectivity index (χ4v) is 0. The van der Waals surface area contributed by atoms with Crippen molar-refractivity contribution in [1.82, 2.24) is 0 Å². The van der Waals surface area contributed by atoms with Gasteiger partial charge in [-0.1, -0.05) is 0 Å². The molecule has 0 saturated heterocycles. The van der Waals surface area contributed by atoms with Crippen molar-refractivity contribution in [3.05, 3.63) is 6.68 Å². The van der Waals surface area contributed by atoms with Crippen molar-refractivity contribution in [3.63, 3.8) is 0 Å². The van der Waals surface area contributed by atoms with Crippen LogP contribution in [0.3, 0.4) is 0 Å². The van der Waals surface area contributed by atoms with E-state index in [0.29, 0.717) is 0 Å². The van der Waals surface area contributed by atoms with Crippen molar-refractivity contribution in [3.8, 4) is 0 Å². The molecule has 0 unspecified atom stereocenters. The molecule has 4 heteroatoms. The van der Waals surface area contributed by atoms with Crippen LogP contribution in [-0.2, 0) is 17.1 Å². The van der Waals surface area contributed by atoms with Crippen LogP contribution < -0.4 is 0 Å². The first kappa shape index (κ1) is 9.00. The predicted octanol–water partition coefficient (Wildman–Crippen LogP) is 1.34. The predicted molar refractivity (Wildman–Crippen MR) is 6.57 cm³/mol. The number of hydrogen-bond donors (Lipinski definition) is 0. The summed E-state index contributed by atoms with van der Waals surface area (Å²) in [5.41, 5.74) is 0. The molecule has 5 heavy (non-hydrogen) atoms. The molecule has 0 aromatic rings. The van der Waals surface area contributed by atoms with E-state index in [0.717, 1.165) is 0 Å². The van der Waals surface area contributed by atoms with Crippen LogP contribution in [0.1, 0.15) is 0 Å². The summed E-state index contributed by atoms with van der Waals surface area (Å²) in [6.45, 7) is -3.08. The average Bonchev–Trinajstić information content (AvgIpc) is 0.811. The normalized spacial score (nSPS) is 7.20. The number of halogens is 3. The fraction of sp³-hybridized carbons (Fsp3) is 0. The second kappa shape index (κ2) is 4.31. The van der Waals surface area contributed by atoms with E-state index in [-0.39, 0.29) is 17.1 Å². The molecule has 0 aromatic heterocycles. The van der Waals surface area contributed by atoms with Gasteiger partial charge in [0.25, 0.3) is 0 Å². The van der Waals surface area contributed by atoms with Gasteiger partial charge in [0.1, 0.15) is 0 Å². The summed E-state index contributed by atoms with van der Waals surface area (Å²) >= 11 is 0. The van der Waals surface area contributed by atoms with Gasteiger partial charge in [-0.3, -0.25) is 0 Å². The van der Waals surface area contributed by atoms with Crippen molar-refractivity contribution in [2.24, 2.45) is 0 Å². The third kappa shape index (κ3) is 240. The average molecular weight is 125 g/mol. The topological polar surface area (TPSA) is 0 Å². The van der Waals surface area contributed by atoms with Crippen molar-refractivity contribution in [2.75, 3.05) is 0 Å². The van der Waals surface area contributed by atoms with Gasteiger partial charge < -0.3 is 13.2 Å². The Labute approximate surface area is 37.8 Å². The van der Waals surface area contributed by atoms with Crippen LogP contribution in [0, 0.1) is 6.68 Å². The van der Waals surface area contributed by atoms with Crippen LogP contribution >= 0.6 is 0 Å². The summed E-state index contributed by atoms with van der Waals surface area (Å²) in [4.78, 5) is 0. The molecule has 0 radical (unpaired) electrons. The standard InChI is InChI=1S/CF3.Fe/c2-1(3)4;/q-1;. The van der Waals surface area contributed by atoms with Gasteiger partial charge in [-0.15, -0.1) is 0 Å². The van der Waals surface area contributed by atoms with Gasteiger partial charge in [0.05, 0.1) is 0 Å². The summed E-state index contributed by atoms with van der Waals surface area (Å²) < 4.78 is 28.8. The van der Waals surface area contributed by atoms with Crippen LogP contribution in [0.15, 0.2) is 0 Å². The van der Waals surface area contributed by atoms with Crippen molar-refractivity contribution < 1.29 is 30.2 Å². The summed E-state index contributed by atoms with van der Waals surface area (Å²) in [6, 6.07) is 0. The zero-order chi connectivity index (χ0) is 3.58. The molecule has 0 bridgehead atoms. The second-order valence-corrected chi connectivity index (χ2v) is 0.214. The maximum absolute atomic E-state index is 9.58. The minimum atomic E-state index is -3.08. The van der Waals surface area contributed by atoms with Gasteiger partial charge in [-0.05, 0) is 0 Å². The molecule has 0 aliphatic carbocycles. The van der Waals surface area contributed by atoms with Gasteiger partial charge in [-0.25, -0.2) is 0 Å². The Morgan fingerprint density at radius 2 is 1.00 bits per heavy atom. The molecule has 0 heterocycles. The molecular formula is CF3Fe-. The third-order valence-corrected chi connectivity index (χ3v) is 0. The molecule has 0 N–H and O–H groups in total. The van der Waals surface area contributed by atoms with Gasteiger partial charge in [0.15, 0.2) is 6.68 Å². The van der Waals surface area contributed by atoms with E-state index in [1.54, 1.807) is 0 Å². The van der Waals surface area contributed by atoms with E-state index in [2.05, 4.69) is 0 Å². The molecule has 0 saturated carbocycles. The molecule has 0 amide bonds. The molecule has 0 aromatic carbocycles. The minimum Gasteiger partial charge on any atom is -0.385 e. The van der Waals surface area contributed by atoms with Crippen LogP contribution in [0.5, 0.6) is 0 Å². The zero-order valence-electron chi connectivity index (χ0n) is 1.99.